The van der Waals surface area contributed by atoms with Gasteiger partial charge in [-0.1, -0.05) is 12.1 Å². The molecule has 0 radical (unpaired) electrons. The van der Waals surface area contributed by atoms with Crippen molar-refractivity contribution in [2.75, 3.05) is 25.0 Å². The zero-order chi connectivity index (χ0) is 17.5. The molecule has 8 nitrogen and oxygen atoms in total. The fraction of sp³-hybridized carbons (Fsp3) is 0.333. The van der Waals surface area contributed by atoms with Crippen molar-refractivity contribution < 1.29 is 23.9 Å². The van der Waals surface area contributed by atoms with Gasteiger partial charge in [-0.25, -0.2) is 4.79 Å². The average molecular weight is 398 g/mol. The van der Waals surface area contributed by atoms with E-state index in [2.05, 4.69) is 26.6 Å². The number of halogens is 1. The Kier molecular flexibility index (Phi) is 6.30. The second-order valence-corrected chi connectivity index (χ2v) is 5.85. The molecule has 1 aliphatic heterocycles. The molecule has 0 aliphatic carbocycles. The zero-order valence-corrected chi connectivity index (χ0v) is 14.3. The van der Waals surface area contributed by atoms with Crippen LogP contribution in [0, 0.1) is 0 Å². The predicted octanol–water partition coefficient (Wildman–Crippen LogP) is 1.26. The number of urea groups is 1. The number of esters is 1. The molecule has 1 aromatic carbocycles. The molecular weight excluding hydrogens is 382 g/mol. The SMILES string of the molecule is O=C(COC(=O)CCCN1C(=O)CNC1=O)Nc1ccccc1Br. The number of imide groups is 1. The van der Waals surface area contributed by atoms with Crippen LogP contribution < -0.4 is 10.6 Å². The molecule has 1 aliphatic rings. The highest BCUT2D eigenvalue weighted by atomic mass is 79.9. The molecule has 1 saturated heterocycles. The van der Waals surface area contributed by atoms with Gasteiger partial charge in [0.15, 0.2) is 6.61 Å². The molecule has 4 amide bonds. The minimum atomic E-state index is -0.565. The van der Waals surface area contributed by atoms with Crippen LogP contribution >= 0.6 is 15.9 Å². The van der Waals surface area contributed by atoms with Crippen molar-refractivity contribution in [3.8, 4) is 0 Å². The van der Waals surface area contributed by atoms with Crippen LogP contribution in [-0.2, 0) is 19.1 Å². The summed E-state index contributed by atoms with van der Waals surface area (Å²) in [5.74, 6) is -1.34. The fourth-order valence-corrected chi connectivity index (χ4v) is 2.41. The van der Waals surface area contributed by atoms with Gasteiger partial charge in [-0.05, 0) is 34.5 Å². The number of carbonyl (C=O) groups is 4. The van der Waals surface area contributed by atoms with E-state index in [1.807, 2.05) is 6.07 Å². The number of hydrogen-bond donors (Lipinski definition) is 2. The lowest BCUT2D eigenvalue weighted by Gasteiger charge is -2.11. The van der Waals surface area contributed by atoms with E-state index in [1.54, 1.807) is 18.2 Å². The van der Waals surface area contributed by atoms with E-state index in [-0.39, 0.29) is 31.8 Å². The molecule has 1 heterocycles. The molecule has 9 heteroatoms. The average Bonchev–Trinajstić information content (AvgIpc) is 2.87. The standard InChI is InChI=1S/C15H16BrN3O5/c16-10-4-1-2-5-11(10)18-12(20)9-24-14(22)6-3-7-19-13(21)8-17-15(19)23/h1-2,4-5H,3,6-9H2,(H,17,23)(H,18,20). The maximum Gasteiger partial charge on any atom is 0.324 e. The van der Waals surface area contributed by atoms with Crippen molar-refractivity contribution in [3.63, 3.8) is 0 Å². The third-order valence-corrected chi connectivity index (χ3v) is 3.90. The van der Waals surface area contributed by atoms with Gasteiger partial charge in [0, 0.05) is 17.4 Å². The van der Waals surface area contributed by atoms with E-state index in [1.165, 1.54) is 0 Å². The summed E-state index contributed by atoms with van der Waals surface area (Å²) in [5, 5.41) is 5.00. The molecule has 0 saturated carbocycles. The first kappa shape index (κ1) is 17.9. The summed E-state index contributed by atoms with van der Waals surface area (Å²) in [6.45, 7) is -0.273. The lowest BCUT2D eigenvalue weighted by atomic mass is 10.3. The molecule has 0 atom stereocenters. The number of rotatable bonds is 7. The Bertz CT molecular complexity index is 648. The van der Waals surface area contributed by atoms with Gasteiger partial charge < -0.3 is 15.4 Å². The second kappa shape index (κ2) is 8.44. The van der Waals surface area contributed by atoms with E-state index >= 15 is 0 Å². The third-order valence-electron chi connectivity index (χ3n) is 3.21. The predicted molar refractivity (Wildman–Crippen MR) is 88.1 cm³/mol. The van der Waals surface area contributed by atoms with Crippen molar-refractivity contribution in [1.29, 1.82) is 0 Å². The highest BCUT2D eigenvalue weighted by molar-refractivity contribution is 9.10. The molecule has 1 aromatic rings. The molecule has 24 heavy (non-hydrogen) atoms. The quantitative estimate of drug-likeness (QED) is 0.532. The number of amides is 4. The number of carbonyl (C=O) groups excluding carboxylic acids is 4. The van der Waals surface area contributed by atoms with Gasteiger partial charge in [0.2, 0.25) is 5.91 Å². The molecular formula is C15H16BrN3O5. The summed E-state index contributed by atoms with van der Waals surface area (Å²) in [4.78, 5) is 47.0. The summed E-state index contributed by atoms with van der Waals surface area (Å²) in [5.41, 5.74) is 0.581. The Morgan fingerprint density at radius 2 is 2.04 bits per heavy atom. The Balaban J connectivity index is 1.66. The van der Waals surface area contributed by atoms with Crippen molar-refractivity contribution in [2.45, 2.75) is 12.8 Å². The van der Waals surface area contributed by atoms with Crippen molar-refractivity contribution in [1.82, 2.24) is 10.2 Å². The van der Waals surface area contributed by atoms with Crippen LogP contribution in [-0.4, -0.2) is 48.4 Å². The summed E-state index contributed by atoms with van der Waals surface area (Å²) < 4.78 is 5.58. The van der Waals surface area contributed by atoms with Crippen molar-refractivity contribution in [2.24, 2.45) is 0 Å². The van der Waals surface area contributed by atoms with Gasteiger partial charge in [-0.3, -0.25) is 19.3 Å². The minimum Gasteiger partial charge on any atom is -0.456 e. The number of hydrogen-bond acceptors (Lipinski definition) is 5. The van der Waals surface area contributed by atoms with Gasteiger partial charge in [0.1, 0.15) is 0 Å². The van der Waals surface area contributed by atoms with E-state index in [0.717, 1.165) is 9.37 Å². The molecule has 1 fully saturated rings. The van der Waals surface area contributed by atoms with Crippen LogP contribution in [0.4, 0.5) is 10.5 Å². The Labute approximate surface area is 146 Å². The topological polar surface area (TPSA) is 105 Å². The normalized spacial score (nSPS) is 13.6. The van der Waals surface area contributed by atoms with Crippen LogP contribution in [0.25, 0.3) is 0 Å². The van der Waals surface area contributed by atoms with E-state index in [9.17, 15) is 19.2 Å². The molecule has 0 aromatic heterocycles. The number of anilines is 1. The van der Waals surface area contributed by atoms with Crippen LogP contribution in [0.2, 0.25) is 0 Å². The fourth-order valence-electron chi connectivity index (χ4n) is 2.03. The Morgan fingerprint density at radius 3 is 2.71 bits per heavy atom. The Hall–Kier alpha value is -2.42. The highest BCUT2D eigenvalue weighted by Gasteiger charge is 2.27. The maximum absolute atomic E-state index is 11.7. The lowest BCUT2D eigenvalue weighted by Crippen LogP contribution is -2.32. The number of nitrogens with one attached hydrogen (secondary N) is 2. The number of nitrogens with zero attached hydrogens (tertiary/aromatic N) is 1. The molecule has 2 rings (SSSR count). The lowest BCUT2D eigenvalue weighted by molar-refractivity contribution is -0.147. The Morgan fingerprint density at radius 1 is 1.29 bits per heavy atom. The van der Waals surface area contributed by atoms with E-state index in [0.29, 0.717) is 5.69 Å². The van der Waals surface area contributed by atoms with Crippen LogP contribution in [0.3, 0.4) is 0 Å². The number of benzene rings is 1. The van der Waals surface area contributed by atoms with E-state index < -0.39 is 24.5 Å². The van der Waals surface area contributed by atoms with Crippen molar-refractivity contribution in [3.05, 3.63) is 28.7 Å². The number of ether oxygens (including phenoxy) is 1. The van der Waals surface area contributed by atoms with Crippen LogP contribution in [0.15, 0.2) is 28.7 Å². The maximum atomic E-state index is 11.7. The largest absolute Gasteiger partial charge is 0.456 e. The molecule has 2 N–H and O–H groups in total. The van der Waals surface area contributed by atoms with Gasteiger partial charge in [0.25, 0.3) is 5.91 Å². The van der Waals surface area contributed by atoms with Crippen LogP contribution in [0.5, 0.6) is 0 Å². The van der Waals surface area contributed by atoms with Crippen LogP contribution in [0.1, 0.15) is 12.8 Å². The van der Waals surface area contributed by atoms with Gasteiger partial charge in [-0.15, -0.1) is 0 Å². The summed E-state index contributed by atoms with van der Waals surface area (Å²) in [7, 11) is 0. The minimum absolute atomic E-state index is 0.0133. The second-order valence-electron chi connectivity index (χ2n) is 5.00. The highest BCUT2D eigenvalue weighted by Crippen LogP contribution is 2.20. The first-order valence-electron chi connectivity index (χ1n) is 7.25. The molecule has 0 bridgehead atoms. The summed E-state index contributed by atoms with van der Waals surface area (Å²) >= 11 is 3.29. The van der Waals surface area contributed by atoms with Crippen molar-refractivity contribution >= 4 is 45.4 Å². The monoisotopic (exact) mass is 397 g/mol. The van der Waals surface area contributed by atoms with Gasteiger partial charge >= 0.3 is 12.0 Å². The first-order valence-corrected chi connectivity index (χ1v) is 8.05. The zero-order valence-electron chi connectivity index (χ0n) is 12.7. The smallest absolute Gasteiger partial charge is 0.324 e. The summed E-state index contributed by atoms with van der Waals surface area (Å²) in [6, 6.07) is 6.60. The molecule has 128 valence electrons. The first-order chi connectivity index (χ1) is 11.5. The van der Waals surface area contributed by atoms with E-state index in [4.69, 9.17) is 4.74 Å². The third kappa shape index (κ3) is 5.05. The summed E-state index contributed by atoms with van der Waals surface area (Å²) in [6.07, 6.45) is 0.295. The molecule has 0 spiro atoms. The van der Waals surface area contributed by atoms with Gasteiger partial charge in [0.05, 0.1) is 12.2 Å². The van der Waals surface area contributed by atoms with Gasteiger partial charge in [-0.2, -0.15) is 0 Å². The number of para-hydroxylation sites is 1. The molecule has 0 unspecified atom stereocenters.